The molecule has 1 N–H and O–H groups in total. The molecule has 0 aliphatic carbocycles. The van der Waals surface area contributed by atoms with Gasteiger partial charge in [0.25, 0.3) is 0 Å². The second-order valence-electron chi connectivity index (χ2n) is 9.08. The van der Waals surface area contributed by atoms with Gasteiger partial charge in [-0.15, -0.1) is 0 Å². The molecule has 184 valence electrons. The summed E-state index contributed by atoms with van der Waals surface area (Å²) >= 11 is 0. The van der Waals surface area contributed by atoms with Crippen LogP contribution in [0.25, 0.3) is 22.3 Å². The zero-order valence-electron chi connectivity index (χ0n) is 21.2. The molecule has 0 fully saturated rings. The standard InChI is InChI=1S/C32H38O3/c1-4-6-7-9-25-11-15-28(16-12-25)30-19-20-31(27(5-2)22-30)29-17-13-26(14-18-29)10-8-21-35-32(34)24(3)23-33/h11-20,22,33H,3-10,21,23H2,1-2H3. The van der Waals surface area contributed by atoms with Gasteiger partial charge in [0.05, 0.1) is 18.8 Å². The van der Waals surface area contributed by atoms with Crippen LogP contribution in [0.3, 0.4) is 0 Å². The third-order valence-corrected chi connectivity index (χ3v) is 6.43. The highest BCUT2D eigenvalue weighted by atomic mass is 16.5. The number of benzene rings is 3. The van der Waals surface area contributed by atoms with E-state index < -0.39 is 5.97 Å². The van der Waals surface area contributed by atoms with Gasteiger partial charge in [0, 0.05) is 0 Å². The molecule has 0 aliphatic rings. The molecular weight excluding hydrogens is 432 g/mol. The number of aliphatic hydroxyl groups excluding tert-OH is 1. The largest absolute Gasteiger partial charge is 0.462 e. The van der Waals surface area contributed by atoms with Gasteiger partial charge in [-0.25, -0.2) is 4.79 Å². The van der Waals surface area contributed by atoms with Crippen molar-refractivity contribution in [1.29, 1.82) is 0 Å². The minimum atomic E-state index is -0.527. The van der Waals surface area contributed by atoms with Crippen LogP contribution < -0.4 is 0 Å². The minimum absolute atomic E-state index is 0.0894. The van der Waals surface area contributed by atoms with Crippen molar-refractivity contribution < 1.29 is 14.6 Å². The van der Waals surface area contributed by atoms with Gasteiger partial charge in [0.15, 0.2) is 0 Å². The lowest BCUT2D eigenvalue weighted by Gasteiger charge is -2.12. The third-order valence-electron chi connectivity index (χ3n) is 6.43. The number of hydrogen-bond acceptors (Lipinski definition) is 3. The lowest BCUT2D eigenvalue weighted by molar-refractivity contribution is -0.139. The Kier molecular flexibility index (Phi) is 10.3. The number of hydrogen-bond donors (Lipinski definition) is 1. The lowest BCUT2D eigenvalue weighted by Crippen LogP contribution is -2.11. The highest BCUT2D eigenvalue weighted by Crippen LogP contribution is 2.30. The van der Waals surface area contributed by atoms with E-state index >= 15 is 0 Å². The summed E-state index contributed by atoms with van der Waals surface area (Å²) in [6.45, 7) is 7.88. The highest BCUT2D eigenvalue weighted by Gasteiger charge is 2.09. The first-order valence-corrected chi connectivity index (χ1v) is 12.8. The van der Waals surface area contributed by atoms with E-state index in [0.717, 1.165) is 25.7 Å². The Morgan fingerprint density at radius 1 is 0.800 bits per heavy atom. The van der Waals surface area contributed by atoms with Gasteiger partial charge in [-0.1, -0.05) is 100.0 Å². The summed E-state index contributed by atoms with van der Waals surface area (Å²) in [7, 11) is 0. The van der Waals surface area contributed by atoms with E-state index in [4.69, 9.17) is 9.84 Å². The van der Waals surface area contributed by atoms with Crippen LogP contribution in [0.4, 0.5) is 0 Å². The fourth-order valence-electron chi connectivity index (χ4n) is 4.25. The van der Waals surface area contributed by atoms with Crippen molar-refractivity contribution in [1.82, 2.24) is 0 Å². The van der Waals surface area contributed by atoms with Crippen molar-refractivity contribution >= 4 is 5.97 Å². The summed E-state index contributed by atoms with van der Waals surface area (Å²) in [5.74, 6) is -0.527. The number of ether oxygens (including phenoxy) is 1. The van der Waals surface area contributed by atoms with Gasteiger partial charge in [-0.05, 0) is 71.0 Å². The summed E-state index contributed by atoms with van der Waals surface area (Å²) in [5, 5.41) is 8.91. The zero-order valence-corrected chi connectivity index (χ0v) is 21.2. The number of aliphatic hydroxyl groups is 1. The van der Waals surface area contributed by atoms with Gasteiger partial charge in [-0.2, -0.15) is 0 Å². The van der Waals surface area contributed by atoms with E-state index in [-0.39, 0.29) is 12.2 Å². The van der Waals surface area contributed by atoms with Crippen molar-refractivity contribution in [3.8, 4) is 22.3 Å². The molecule has 0 saturated heterocycles. The maximum atomic E-state index is 11.5. The van der Waals surface area contributed by atoms with E-state index in [1.54, 1.807) is 0 Å². The molecule has 0 aliphatic heterocycles. The number of rotatable bonds is 13. The molecule has 3 aromatic rings. The van der Waals surface area contributed by atoms with Crippen molar-refractivity contribution in [3.63, 3.8) is 0 Å². The molecule has 3 heteroatoms. The first kappa shape index (κ1) is 26.4. The smallest absolute Gasteiger partial charge is 0.335 e. The molecule has 0 atom stereocenters. The Morgan fingerprint density at radius 2 is 1.40 bits per heavy atom. The van der Waals surface area contributed by atoms with Crippen molar-refractivity contribution in [2.24, 2.45) is 0 Å². The van der Waals surface area contributed by atoms with Crippen LogP contribution in [-0.4, -0.2) is 24.3 Å². The molecule has 0 radical (unpaired) electrons. The first-order chi connectivity index (χ1) is 17.0. The van der Waals surface area contributed by atoms with Crippen LogP contribution in [-0.2, 0) is 28.8 Å². The Labute approximate surface area is 210 Å². The summed E-state index contributed by atoms with van der Waals surface area (Å²) in [6.07, 6.45) is 7.51. The minimum Gasteiger partial charge on any atom is -0.462 e. The van der Waals surface area contributed by atoms with Gasteiger partial charge in [0.2, 0.25) is 0 Å². The molecule has 0 unspecified atom stereocenters. The molecule has 0 spiro atoms. The quantitative estimate of drug-likeness (QED) is 0.161. The molecule has 35 heavy (non-hydrogen) atoms. The highest BCUT2D eigenvalue weighted by molar-refractivity contribution is 5.87. The van der Waals surface area contributed by atoms with Crippen LogP contribution in [0.1, 0.15) is 56.2 Å². The molecule has 3 aromatic carbocycles. The molecule has 3 nitrogen and oxygen atoms in total. The molecule has 0 saturated carbocycles. The molecule has 0 bridgehead atoms. The average molecular weight is 471 g/mol. The molecular formula is C32H38O3. The number of carbonyl (C=O) groups excluding carboxylic acids is 1. The third kappa shape index (κ3) is 7.66. The van der Waals surface area contributed by atoms with E-state index in [2.05, 4.69) is 87.2 Å². The molecule has 0 heterocycles. The van der Waals surface area contributed by atoms with Crippen LogP contribution >= 0.6 is 0 Å². The Hall–Kier alpha value is -3.17. The summed E-state index contributed by atoms with van der Waals surface area (Å²) in [5.41, 5.74) is 9.09. The predicted octanol–water partition coefficient (Wildman–Crippen LogP) is 7.34. The van der Waals surface area contributed by atoms with E-state index in [1.165, 1.54) is 58.2 Å². The maximum Gasteiger partial charge on any atom is 0.335 e. The van der Waals surface area contributed by atoms with Crippen LogP contribution in [0.2, 0.25) is 0 Å². The monoisotopic (exact) mass is 470 g/mol. The van der Waals surface area contributed by atoms with Gasteiger partial charge >= 0.3 is 5.97 Å². The van der Waals surface area contributed by atoms with Crippen molar-refractivity contribution in [3.05, 3.63) is 95.6 Å². The van der Waals surface area contributed by atoms with E-state index in [1.807, 2.05) is 0 Å². The fourth-order valence-corrected chi connectivity index (χ4v) is 4.25. The van der Waals surface area contributed by atoms with Crippen LogP contribution in [0.5, 0.6) is 0 Å². The van der Waals surface area contributed by atoms with Gasteiger partial charge in [0.1, 0.15) is 0 Å². The average Bonchev–Trinajstić information content (AvgIpc) is 2.91. The second-order valence-corrected chi connectivity index (χ2v) is 9.08. The summed E-state index contributed by atoms with van der Waals surface area (Å²) in [4.78, 5) is 11.5. The van der Waals surface area contributed by atoms with Gasteiger partial charge < -0.3 is 9.84 Å². The Bertz CT molecular complexity index is 1090. The molecule has 0 amide bonds. The number of aryl methyl sites for hydroxylation is 3. The first-order valence-electron chi connectivity index (χ1n) is 12.8. The fraction of sp³-hybridized carbons (Fsp3) is 0.344. The van der Waals surface area contributed by atoms with Gasteiger partial charge in [-0.3, -0.25) is 0 Å². The topological polar surface area (TPSA) is 46.5 Å². The molecule has 0 aromatic heterocycles. The van der Waals surface area contributed by atoms with E-state index in [0.29, 0.717) is 6.61 Å². The number of carbonyl (C=O) groups is 1. The Balaban J connectivity index is 1.62. The van der Waals surface area contributed by atoms with Crippen LogP contribution in [0, 0.1) is 0 Å². The second kappa shape index (κ2) is 13.7. The Morgan fingerprint density at radius 3 is 2.00 bits per heavy atom. The maximum absolute atomic E-state index is 11.5. The summed E-state index contributed by atoms with van der Waals surface area (Å²) < 4.78 is 5.12. The number of esters is 1. The number of unbranched alkanes of at least 4 members (excludes halogenated alkanes) is 2. The van der Waals surface area contributed by atoms with Crippen LogP contribution in [0.15, 0.2) is 78.9 Å². The lowest BCUT2D eigenvalue weighted by atomic mass is 9.92. The molecule has 3 rings (SSSR count). The normalized spacial score (nSPS) is 10.8. The summed E-state index contributed by atoms with van der Waals surface area (Å²) in [6, 6.07) is 24.5. The zero-order chi connectivity index (χ0) is 25.0. The van der Waals surface area contributed by atoms with Crippen molar-refractivity contribution in [2.75, 3.05) is 13.2 Å². The predicted molar refractivity (Wildman–Crippen MR) is 145 cm³/mol. The van der Waals surface area contributed by atoms with E-state index in [9.17, 15) is 4.79 Å². The van der Waals surface area contributed by atoms with Crippen molar-refractivity contribution in [2.45, 2.75) is 58.8 Å². The SMILES string of the molecule is C=C(CO)C(=O)OCCCc1ccc(-c2ccc(-c3ccc(CCCCC)cc3)cc2CC)cc1.